The predicted molar refractivity (Wildman–Crippen MR) is 112 cm³/mol. The highest BCUT2D eigenvalue weighted by molar-refractivity contribution is 6.30. The number of hydrogen-bond donors (Lipinski definition) is 2. The molecule has 0 saturated heterocycles. The third-order valence-corrected chi connectivity index (χ3v) is 4.77. The fourth-order valence-corrected chi connectivity index (χ4v) is 3.28. The quantitative estimate of drug-likeness (QED) is 0.391. The third kappa shape index (κ3) is 4.51. The van der Waals surface area contributed by atoms with Crippen LogP contribution in [-0.2, 0) is 13.0 Å². The van der Waals surface area contributed by atoms with Crippen molar-refractivity contribution in [1.29, 1.82) is 0 Å². The number of fused-ring (bicyclic) bond motifs is 1. The Labute approximate surface area is 163 Å². The molecule has 0 spiro atoms. The Bertz CT molecular complexity index is 1020. The van der Waals surface area contributed by atoms with Crippen LogP contribution >= 0.6 is 11.6 Å². The van der Waals surface area contributed by atoms with E-state index in [0.29, 0.717) is 5.02 Å². The molecule has 0 fully saturated rings. The van der Waals surface area contributed by atoms with Crippen LogP contribution in [0, 0.1) is 0 Å². The van der Waals surface area contributed by atoms with Crippen LogP contribution in [0.15, 0.2) is 79.0 Å². The molecular formula is C23H21ClN2O. The normalized spacial score (nSPS) is 11.0. The zero-order valence-electron chi connectivity index (χ0n) is 14.9. The summed E-state index contributed by atoms with van der Waals surface area (Å²) in [5.74, 6) is 1.61. The summed E-state index contributed by atoms with van der Waals surface area (Å²) in [6, 6.07) is 24.0. The van der Waals surface area contributed by atoms with Crippen molar-refractivity contribution in [2.45, 2.75) is 13.0 Å². The number of rotatable bonds is 7. The van der Waals surface area contributed by atoms with Gasteiger partial charge in [-0.05, 0) is 66.6 Å². The van der Waals surface area contributed by atoms with E-state index in [1.165, 1.54) is 22.0 Å². The molecule has 1 heterocycles. The van der Waals surface area contributed by atoms with Crippen molar-refractivity contribution in [3.8, 4) is 11.5 Å². The van der Waals surface area contributed by atoms with E-state index >= 15 is 0 Å². The third-order valence-electron chi connectivity index (χ3n) is 4.52. The van der Waals surface area contributed by atoms with E-state index in [1.54, 1.807) is 0 Å². The van der Waals surface area contributed by atoms with Gasteiger partial charge in [0.15, 0.2) is 0 Å². The number of hydrogen-bond acceptors (Lipinski definition) is 2. The van der Waals surface area contributed by atoms with Crippen molar-refractivity contribution in [3.05, 3.63) is 95.1 Å². The Morgan fingerprint density at radius 1 is 0.889 bits per heavy atom. The number of aromatic nitrogens is 1. The minimum absolute atomic E-state index is 0.704. The molecule has 0 amide bonds. The van der Waals surface area contributed by atoms with Gasteiger partial charge in [-0.2, -0.15) is 0 Å². The molecule has 136 valence electrons. The van der Waals surface area contributed by atoms with Crippen LogP contribution in [-0.4, -0.2) is 11.5 Å². The van der Waals surface area contributed by atoms with Gasteiger partial charge in [0.05, 0.1) is 0 Å². The number of para-hydroxylation sites is 1. The van der Waals surface area contributed by atoms with Gasteiger partial charge >= 0.3 is 0 Å². The standard InChI is InChI=1S/C23H21ClN2O/c24-19-8-10-20(11-9-19)27-21-5-3-4-17(14-21)15-25-13-12-18-16-26-23-7-2-1-6-22(18)23/h1-11,14,16,25-26H,12-13,15H2. The van der Waals surface area contributed by atoms with E-state index < -0.39 is 0 Å². The Morgan fingerprint density at radius 3 is 2.63 bits per heavy atom. The number of aromatic amines is 1. The molecule has 4 rings (SSSR count). The van der Waals surface area contributed by atoms with Crippen molar-refractivity contribution >= 4 is 22.5 Å². The minimum Gasteiger partial charge on any atom is -0.457 e. The van der Waals surface area contributed by atoms with Crippen molar-refractivity contribution in [2.75, 3.05) is 6.54 Å². The lowest BCUT2D eigenvalue weighted by atomic mass is 10.1. The molecule has 1 aromatic heterocycles. The molecule has 0 aliphatic heterocycles. The number of nitrogens with one attached hydrogen (secondary N) is 2. The fourth-order valence-electron chi connectivity index (χ4n) is 3.15. The van der Waals surface area contributed by atoms with Gasteiger partial charge in [-0.15, -0.1) is 0 Å². The molecule has 0 unspecified atom stereocenters. The summed E-state index contributed by atoms with van der Waals surface area (Å²) in [4.78, 5) is 3.33. The summed E-state index contributed by atoms with van der Waals surface area (Å²) < 4.78 is 5.90. The van der Waals surface area contributed by atoms with Crippen molar-refractivity contribution in [2.24, 2.45) is 0 Å². The molecule has 3 nitrogen and oxygen atoms in total. The SMILES string of the molecule is Clc1ccc(Oc2cccc(CNCCc3c[nH]c4ccccc34)c2)cc1. The minimum atomic E-state index is 0.704. The van der Waals surface area contributed by atoms with E-state index in [-0.39, 0.29) is 0 Å². The van der Waals surface area contributed by atoms with E-state index in [4.69, 9.17) is 16.3 Å². The molecular weight excluding hydrogens is 356 g/mol. The highest BCUT2D eigenvalue weighted by atomic mass is 35.5. The zero-order valence-corrected chi connectivity index (χ0v) is 15.7. The maximum atomic E-state index is 5.91. The maximum Gasteiger partial charge on any atom is 0.127 e. The number of H-pyrrole nitrogens is 1. The van der Waals surface area contributed by atoms with E-state index in [2.05, 4.69) is 52.9 Å². The summed E-state index contributed by atoms with van der Waals surface area (Å²) in [5, 5.41) is 5.52. The molecule has 3 aromatic carbocycles. The monoisotopic (exact) mass is 376 g/mol. The lowest BCUT2D eigenvalue weighted by Gasteiger charge is -2.09. The van der Waals surface area contributed by atoms with Crippen LogP contribution in [0.1, 0.15) is 11.1 Å². The summed E-state index contributed by atoms with van der Waals surface area (Å²) >= 11 is 5.91. The van der Waals surface area contributed by atoms with Gasteiger partial charge in [0.2, 0.25) is 0 Å². The molecule has 4 aromatic rings. The molecule has 2 N–H and O–H groups in total. The second-order valence-electron chi connectivity index (χ2n) is 6.49. The summed E-state index contributed by atoms with van der Waals surface area (Å²) in [7, 11) is 0. The van der Waals surface area contributed by atoms with E-state index in [1.807, 2.05) is 36.4 Å². The molecule has 0 aliphatic rings. The van der Waals surface area contributed by atoms with Crippen molar-refractivity contribution in [3.63, 3.8) is 0 Å². The zero-order chi connectivity index (χ0) is 18.5. The van der Waals surface area contributed by atoms with Crippen LogP contribution in [0.25, 0.3) is 10.9 Å². The molecule has 27 heavy (non-hydrogen) atoms. The maximum absolute atomic E-state index is 5.91. The first-order valence-electron chi connectivity index (χ1n) is 9.06. The smallest absolute Gasteiger partial charge is 0.127 e. The molecule has 0 bridgehead atoms. The van der Waals surface area contributed by atoms with Gasteiger partial charge in [-0.1, -0.05) is 41.9 Å². The molecule has 0 saturated carbocycles. The summed E-state index contributed by atoms with van der Waals surface area (Å²) in [5.41, 5.74) is 3.73. The molecule has 0 aliphatic carbocycles. The largest absolute Gasteiger partial charge is 0.457 e. The summed E-state index contributed by atoms with van der Waals surface area (Å²) in [6.07, 6.45) is 3.10. The first-order chi connectivity index (χ1) is 13.3. The Hall–Kier alpha value is -2.75. The second kappa shape index (κ2) is 8.30. The highest BCUT2D eigenvalue weighted by Gasteiger charge is 2.03. The highest BCUT2D eigenvalue weighted by Crippen LogP contribution is 2.24. The molecule has 0 radical (unpaired) electrons. The van der Waals surface area contributed by atoms with E-state index in [9.17, 15) is 0 Å². The van der Waals surface area contributed by atoms with Crippen LogP contribution in [0.5, 0.6) is 11.5 Å². The van der Waals surface area contributed by atoms with Crippen molar-refractivity contribution < 1.29 is 4.74 Å². The second-order valence-corrected chi connectivity index (χ2v) is 6.93. The Balaban J connectivity index is 1.31. The number of ether oxygens (including phenoxy) is 1. The number of halogens is 1. The van der Waals surface area contributed by atoms with Crippen LogP contribution in [0.3, 0.4) is 0 Å². The van der Waals surface area contributed by atoms with Gasteiger partial charge in [0.1, 0.15) is 11.5 Å². The first kappa shape index (κ1) is 17.7. The Kier molecular flexibility index (Phi) is 5.42. The van der Waals surface area contributed by atoms with Gasteiger partial charge in [-0.25, -0.2) is 0 Å². The predicted octanol–water partition coefficient (Wildman–Crippen LogP) is 5.95. The van der Waals surface area contributed by atoms with Gasteiger partial charge < -0.3 is 15.0 Å². The summed E-state index contributed by atoms with van der Waals surface area (Å²) in [6.45, 7) is 1.73. The topological polar surface area (TPSA) is 37.0 Å². The number of benzene rings is 3. The van der Waals surface area contributed by atoms with Gasteiger partial charge in [-0.3, -0.25) is 0 Å². The van der Waals surface area contributed by atoms with Crippen molar-refractivity contribution in [1.82, 2.24) is 10.3 Å². The lowest BCUT2D eigenvalue weighted by molar-refractivity contribution is 0.481. The average molecular weight is 377 g/mol. The van der Waals surface area contributed by atoms with E-state index in [0.717, 1.165) is 31.0 Å². The Morgan fingerprint density at radius 2 is 1.74 bits per heavy atom. The van der Waals surface area contributed by atoms with Gasteiger partial charge in [0.25, 0.3) is 0 Å². The lowest BCUT2D eigenvalue weighted by Crippen LogP contribution is -2.16. The van der Waals surface area contributed by atoms with Crippen LogP contribution in [0.2, 0.25) is 5.02 Å². The van der Waals surface area contributed by atoms with Gasteiger partial charge in [0, 0.05) is 28.7 Å². The average Bonchev–Trinajstić information content (AvgIpc) is 3.11. The molecule has 0 atom stereocenters. The van der Waals surface area contributed by atoms with Crippen LogP contribution < -0.4 is 10.1 Å². The first-order valence-corrected chi connectivity index (χ1v) is 9.44. The van der Waals surface area contributed by atoms with Crippen LogP contribution in [0.4, 0.5) is 0 Å². The fraction of sp³-hybridized carbons (Fsp3) is 0.130. The molecule has 4 heteroatoms.